The fourth-order valence-corrected chi connectivity index (χ4v) is 1.15. The zero-order valence-corrected chi connectivity index (χ0v) is 8.21. The second-order valence-electron chi connectivity index (χ2n) is 3.07. The van der Waals surface area contributed by atoms with E-state index in [0.29, 0.717) is 0 Å². The van der Waals surface area contributed by atoms with Crippen LogP contribution in [0.25, 0.3) is 0 Å². The van der Waals surface area contributed by atoms with Gasteiger partial charge in [0, 0.05) is 17.7 Å². The zero-order valence-electron chi connectivity index (χ0n) is 8.21. The minimum Gasteiger partial charge on any atom is -0.471 e. The number of nitro groups is 1. The van der Waals surface area contributed by atoms with Gasteiger partial charge < -0.3 is 4.42 Å². The highest BCUT2D eigenvalue weighted by atomic mass is 16.6. The first kappa shape index (κ1) is 9.99. The Morgan fingerprint density at radius 3 is 2.31 bits per heavy atom. The molecular weight excluding hydrogens is 206 g/mol. The van der Waals surface area contributed by atoms with E-state index < -0.39 is 4.92 Å². The summed E-state index contributed by atoms with van der Waals surface area (Å²) < 4.78 is 4.86. The van der Waals surface area contributed by atoms with Gasteiger partial charge in [0.1, 0.15) is 6.26 Å². The molecule has 1 aromatic heterocycles. The van der Waals surface area contributed by atoms with Gasteiger partial charge >= 0.3 is 0 Å². The third-order valence-electron chi connectivity index (χ3n) is 1.95. The Bertz CT molecular complexity index is 544. The van der Waals surface area contributed by atoms with Crippen LogP contribution in [0.1, 0.15) is 11.1 Å². The lowest BCUT2D eigenvalue weighted by molar-refractivity contribution is -0.384. The van der Waals surface area contributed by atoms with E-state index in [1.807, 2.05) is 0 Å². The van der Waals surface area contributed by atoms with Crippen molar-refractivity contribution < 1.29 is 9.34 Å². The van der Waals surface area contributed by atoms with Crippen LogP contribution >= 0.6 is 0 Å². The molecule has 0 atom stereocenters. The van der Waals surface area contributed by atoms with Gasteiger partial charge in [0.15, 0.2) is 0 Å². The van der Waals surface area contributed by atoms with Crippen molar-refractivity contribution in [3.05, 3.63) is 64.1 Å². The smallest absolute Gasteiger partial charge is 0.269 e. The second-order valence-corrected chi connectivity index (χ2v) is 3.07. The molecule has 0 amide bonds. The molecule has 0 spiro atoms. The number of furan rings is 1. The molecule has 0 aliphatic heterocycles. The average molecular weight is 213 g/mol. The molecule has 1 aromatic carbocycles. The maximum Gasteiger partial charge on any atom is 0.269 e. The van der Waals surface area contributed by atoms with Crippen molar-refractivity contribution in [1.82, 2.24) is 0 Å². The summed E-state index contributed by atoms with van der Waals surface area (Å²) in [7, 11) is 0. The summed E-state index contributed by atoms with van der Waals surface area (Å²) in [4.78, 5) is 9.98. The third kappa shape index (κ3) is 2.28. The van der Waals surface area contributed by atoms with E-state index in [2.05, 4.69) is 11.8 Å². The second kappa shape index (κ2) is 4.32. The number of nitro benzene ring substituents is 1. The summed E-state index contributed by atoms with van der Waals surface area (Å²) in [6.45, 7) is 0. The minimum absolute atomic E-state index is 0.0638. The molecule has 0 aliphatic carbocycles. The van der Waals surface area contributed by atoms with Crippen LogP contribution in [0.5, 0.6) is 0 Å². The van der Waals surface area contributed by atoms with Crippen molar-refractivity contribution in [2.75, 3.05) is 0 Å². The number of non-ortho nitro benzene ring substituents is 1. The molecule has 0 N–H and O–H groups in total. The Balaban J connectivity index is 2.20. The van der Waals surface area contributed by atoms with Gasteiger partial charge in [-0.05, 0) is 18.2 Å². The molecule has 4 nitrogen and oxygen atoms in total. The normalized spacial score (nSPS) is 9.25. The van der Waals surface area contributed by atoms with Gasteiger partial charge in [-0.2, -0.15) is 0 Å². The Labute approximate surface area is 91.7 Å². The molecule has 0 fully saturated rings. The Morgan fingerprint density at radius 1 is 1.06 bits per heavy atom. The molecule has 0 aliphatic rings. The zero-order chi connectivity index (χ0) is 11.4. The molecule has 0 saturated carbocycles. The molecule has 4 heteroatoms. The van der Waals surface area contributed by atoms with Crippen molar-refractivity contribution >= 4 is 5.69 Å². The van der Waals surface area contributed by atoms with Crippen LogP contribution in [-0.2, 0) is 0 Å². The van der Waals surface area contributed by atoms with E-state index in [0.717, 1.165) is 11.1 Å². The van der Waals surface area contributed by atoms with Crippen molar-refractivity contribution in [2.45, 2.75) is 0 Å². The van der Waals surface area contributed by atoms with E-state index in [1.54, 1.807) is 30.7 Å². The van der Waals surface area contributed by atoms with Crippen LogP contribution in [-0.4, -0.2) is 4.92 Å². The summed E-state index contributed by atoms with van der Waals surface area (Å²) in [6.07, 6.45) is 3.08. The molecule has 0 saturated heterocycles. The van der Waals surface area contributed by atoms with Gasteiger partial charge in [-0.1, -0.05) is 11.8 Å². The maximum atomic E-state index is 10.4. The molecule has 0 bridgehead atoms. The van der Waals surface area contributed by atoms with Crippen molar-refractivity contribution in [3.63, 3.8) is 0 Å². The Hall–Kier alpha value is -2.54. The van der Waals surface area contributed by atoms with E-state index in [-0.39, 0.29) is 5.69 Å². The van der Waals surface area contributed by atoms with Crippen molar-refractivity contribution in [3.8, 4) is 11.8 Å². The van der Waals surface area contributed by atoms with Gasteiger partial charge in [0.25, 0.3) is 5.69 Å². The Morgan fingerprint density at radius 2 is 1.75 bits per heavy atom. The monoisotopic (exact) mass is 213 g/mol. The average Bonchev–Trinajstić information content (AvgIpc) is 2.80. The quantitative estimate of drug-likeness (QED) is 0.415. The van der Waals surface area contributed by atoms with E-state index >= 15 is 0 Å². The van der Waals surface area contributed by atoms with Crippen molar-refractivity contribution in [1.29, 1.82) is 0 Å². The Kier molecular flexibility index (Phi) is 2.70. The first-order valence-electron chi connectivity index (χ1n) is 4.54. The summed E-state index contributed by atoms with van der Waals surface area (Å²) in [6, 6.07) is 7.84. The fraction of sp³-hybridized carbons (Fsp3) is 0. The van der Waals surface area contributed by atoms with E-state index in [1.165, 1.54) is 12.1 Å². The lowest BCUT2D eigenvalue weighted by Gasteiger charge is -1.90. The topological polar surface area (TPSA) is 56.3 Å². The number of benzene rings is 1. The van der Waals surface area contributed by atoms with Crippen LogP contribution in [0, 0.1) is 22.0 Å². The van der Waals surface area contributed by atoms with E-state index in [4.69, 9.17) is 4.42 Å². The molecule has 16 heavy (non-hydrogen) atoms. The van der Waals surface area contributed by atoms with Crippen LogP contribution in [0.3, 0.4) is 0 Å². The molecule has 78 valence electrons. The van der Waals surface area contributed by atoms with Gasteiger partial charge in [0.05, 0.1) is 16.7 Å². The van der Waals surface area contributed by atoms with Crippen LogP contribution in [0.2, 0.25) is 0 Å². The van der Waals surface area contributed by atoms with Crippen molar-refractivity contribution in [2.24, 2.45) is 0 Å². The highest BCUT2D eigenvalue weighted by Gasteiger charge is 2.02. The fourth-order valence-electron chi connectivity index (χ4n) is 1.15. The maximum absolute atomic E-state index is 10.4. The summed E-state index contributed by atoms with van der Waals surface area (Å²) in [5.41, 5.74) is 1.57. The summed E-state index contributed by atoms with van der Waals surface area (Å²) >= 11 is 0. The highest BCUT2D eigenvalue weighted by molar-refractivity contribution is 5.44. The molecule has 0 radical (unpaired) electrons. The summed E-state index contributed by atoms with van der Waals surface area (Å²) in [5, 5.41) is 10.4. The van der Waals surface area contributed by atoms with Gasteiger partial charge in [-0.3, -0.25) is 10.1 Å². The largest absolute Gasteiger partial charge is 0.471 e. The molecule has 2 aromatic rings. The molecule has 0 unspecified atom stereocenters. The summed E-state index contributed by atoms with van der Waals surface area (Å²) in [5.74, 6) is 5.76. The number of nitrogens with zero attached hydrogens (tertiary/aromatic N) is 1. The number of rotatable bonds is 1. The third-order valence-corrected chi connectivity index (χ3v) is 1.95. The molecular formula is C12H7NO3. The van der Waals surface area contributed by atoms with Gasteiger partial charge in [-0.15, -0.1) is 0 Å². The SMILES string of the molecule is O=[N+]([O-])c1ccc(C#Cc2ccoc2)cc1. The predicted octanol–water partition coefficient (Wildman–Crippen LogP) is 2.59. The van der Waals surface area contributed by atoms with Crippen LogP contribution < -0.4 is 0 Å². The van der Waals surface area contributed by atoms with Crippen LogP contribution in [0.15, 0.2) is 47.3 Å². The van der Waals surface area contributed by atoms with E-state index in [9.17, 15) is 10.1 Å². The standard InChI is InChI=1S/C12H7NO3/c14-13(15)12-5-3-10(4-6-12)1-2-11-7-8-16-9-11/h3-9H. The molecule has 2 rings (SSSR count). The number of hydrogen-bond acceptors (Lipinski definition) is 3. The lowest BCUT2D eigenvalue weighted by Crippen LogP contribution is -1.86. The first-order valence-corrected chi connectivity index (χ1v) is 4.54. The van der Waals surface area contributed by atoms with Crippen LogP contribution in [0.4, 0.5) is 5.69 Å². The number of hydrogen-bond donors (Lipinski definition) is 0. The predicted molar refractivity (Wildman–Crippen MR) is 57.8 cm³/mol. The highest BCUT2D eigenvalue weighted by Crippen LogP contribution is 2.11. The van der Waals surface area contributed by atoms with Gasteiger partial charge in [-0.25, -0.2) is 0 Å². The first-order chi connectivity index (χ1) is 7.75. The minimum atomic E-state index is -0.437. The van der Waals surface area contributed by atoms with Gasteiger partial charge in [0.2, 0.25) is 0 Å². The molecule has 1 heterocycles. The lowest BCUT2D eigenvalue weighted by atomic mass is 10.2.